The fraction of sp³-hybridized carbons (Fsp3) is 1.00. The molecule has 0 amide bonds. The third-order valence-corrected chi connectivity index (χ3v) is 0.467. The van der Waals surface area contributed by atoms with Crippen LogP contribution in [0.5, 0.6) is 0 Å². The third-order valence-electron chi connectivity index (χ3n) is 0.467. The first-order valence-electron chi connectivity index (χ1n) is 2.65. The molecule has 0 spiro atoms. The lowest BCUT2D eigenvalue weighted by Gasteiger charge is -2.25. The molecule has 0 saturated carbocycles. The molecular weight excluding hydrogens is 140 g/mol. The standard InChI is InChI=1S/C4H12N2O4/c1-6(2,3)10-9-5(7)8-4/h1-4H3. The fourth-order valence-electron chi connectivity index (χ4n) is 0.158. The predicted molar refractivity (Wildman–Crippen MR) is 32.4 cm³/mol. The van der Waals surface area contributed by atoms with Crippen molar-refractivity contribution in [3.8, 4) is 0 Å². The summed E-state index contributed by atoms with van der Waals surface area (Å²) in [6.45, 7) is 0. The van der Waals surface area contributed by atoms with Crippen LogP contribution in [0, 0.1) is 5.21 Å². The van der Waals surface area contributed by atoms with Crippen LogP contribution in [-0.4, -0.2) is 38.3 Å². The highest BCUT2D eigenvalue weighted by atomic mass is 17.4. The molecule has 62 valence electrons. The molecule has 0 aliphatic carbocycles. The highest BCUT2D eigenvalue weighted by Gasteiger charge is 2.09. The SMILES string of the molecule is CON([O-])OO[N+](C)(C)C. The van der Waals surface area contributed by atoms with Crippen molar-refractivity contribution >= 4 is 0 Å². The minimum Gasteiger partial charge on any atom is -0.735 e. The van der Waals surface area contributed by atoms with Crippen molar-refractivity contribution in [2.45, 2.75) is 0 Å². The van der Waals surface area contributed by atoms with E-state index in [2.05, 4.69) is 14.8 Å². The van der Waals surface area contributed by atoms with Gasteiger partial charge in [-0.3, -0.25) is 4.84 Å². The van der Waals surface area contributed by atoms with Crippen molar-refractivity contribution in [3.63, 3.8) is 0 Å². The molecular formula is C4H12N2O4. The van der Waals surface area contributed by atoms with E-state index in [1.807, 2.05) is 0 Å². The van der Waals surface area contributed by atoms with Gasteiger partial charge in [0.2, 0.25) is 0 Å². The van der Waals surface area contributed by atoms with Crippen molar-refractivity contribution in [3.05, 3.63) is 5.21 Å². The maximum absolute atomic E-state index is 10.2. The molecule has 0 fully saturated rings. The first kappa shape index (κ1) is 9.76. The van der Waals surface area contributed by atoms with Crippen molar-refractivity contribution in [2.75, 3.05) is 28.3 Å². The largest absolute Gasteiger partial charge is 0.735 e. The molecule has 10 heavy (non-hydrogen) atoms. The Hall–Kier alpha value is -0.240. The van der Waals surface area contributed by atoms with E-state index < -0.39 is 0 Å². The van der Waals surface area contributed by atoms with E-state index >= 15 is 0 Å². The normalized spacial score (nSPS) is 12.6. The number of hydrogen-bond donors (Lipinski definition) is 0. The summed E-state index contributed by atoms with van der Waals surface area (Å²) >= 11 is 0. The van der Waals surface area contributed by atoms with Crippen LogP contribution in [-0.2, 0) is 14.8 Å². The molecule has 0 aliphatic heterocycles. The van der Waals surface area contributed by atoms with Gasteiger partial charge >= 0.3 is 0 Å². The van der Waals surface area contributed by atoms with Gasteiger partial charge in [-0.15, -0.1) is 0 Å². The van der Waals surface area contributed by atoms with Crippen LogP contribution in [0.15, 0.2) is 0 Å². The van der Waals surface area contributed by atoms with Crippen LogP contribution >= 0.6 is 0 Å². The average molecular weight is 152 g/mol. The van der Waals surface area contributed by atoms with E-state index in [-0.39, 0.29) is 10.0 Å². The van der Waals surface area contributed by atoms with E-state index in [1.54, 1.807) is 21.1 Å². The quantitative estimate of drug-likeness (QED) is 0.318. The molecule has 0 rings (SSSR count). The van der Waals surface area contributed by atoms with Gasteiger partial charge in [0.05, 0.1) is 7.11 Å². The zero-order valence-electron chi connectivity index (χ0n) is 6.53. The van der Waals surface area contributed by atoms with Gasteiger partial charge in [0.15, 0.2) is 0 Å². The summed E-state index contributed by atoms with van der Waals surface area (Å²) in [6.07, 6.45) is 0. The van der Waals surface area contributed by atoms with Gasteiger partial charge in [0, 0.05) is 0 Å². The van der Waals surface area contributed by atoms with E-state index in [0.29, 0.717) is 0 Å². The number of quaternary nitrogens is 1. The van der Waals surface area contributed by atoms with Crippen LogP contribution in [0.2, 0.25) is 0 Å². The molecule has 0 saturated heterocycles. The second-order valence-corrected chi connectivity index (χ2v) is 2.44. The van der Waals surface area contributed by atoms with Crippen molar-refractivity contribution in [1.82, 2.24) is 5.39 Å². The molecule has 0 unspecified atom stereocenters. The lowest BCUT2D eigenvalue weighted by atomic mass is 11.0. The topological polar surface area (TPSA) is 54.0 Å². The van der Waals surface area contributed by atoms with Crippen LogP contribution in [0.1, 0.15) is 0 Å². The lowest BCUT2D eigenvalue weighted by molar-refractivity contribution is -1.12. The molecule has 0 N–H and O–H groups in total. The van der Waals surface area contributed by atoms with Gasteiger partial charge < -0.3 is 5.21 Å². The lowest BCUT2D eigenvalue weighted by Crippen LogP contribution is -2.36. The van der Waals surface area contributed by atoms with E-state index in [9.17, 15) is 5.21 Å². The summed E-state index contributed by atoms with van der Waals surface area (Å²) in [5, 5.41) is 10.1. The van der Waals surface area contributed by atoms with Crippen LogP contribution in [0.4, 0.5) is 0 Å². The van der Waals surface area contributed by atoms with E-state index in [4.69, 9.17) is 0 Å². The average Bonchev–Trinajstić information content (AvgIpc) is 1.81. The van der Waals surface area contributed by atoms with Crippen LogP contribution in [0.25, 0.3) is 0 Å². The highest BCUT2D eigenvalue weighted by molar-refractivity contribution is 4.08. The molecule has 6 heteroatoms. The van der Waals surface area contributed by atoms with Gasteiger partial charge in [-0.2, -0.15) is 4.65 Å². The third kappa shape index (κ3) is 5.89. The Morgan fingerprint density at radius 2 is 1.80 bits per heavy atom. The van der Waals surface area contributed by atoms with Crippen molar-refractivity contribution in [2.24, 2.45) is 0 Å². The first-order valence-corrected chi connectivity index (χ1v) is 2.65. The Kier molecular flexibility index (Phi) is 3.72. The van der Waals surface area contributed by atoms with E-state index in [0.717, 1.165) is 0 Å². The molecule has 0 aromatic rings. The Morgan fingerprint density at radius 1 is 1.30 bits per heavy atom. The molecule has 0 radical (unpaired) electrons. The summed E-state index contributed by atoms with van der Waals surface area (Å²) in [5.41, 5.74) is 0. The van der Waals surface area contributed by atoms with Crippen molar-refractivity contribution in [1.29, 1.82) is 0 Å². The van der Waals surface area contributed by atoms with Gasteiger partial charge in [0.25, 0.3) is 0 Å². The summed E-state index contributed by atoms with van der Waals surface area (Å²) in [4.78, 5) is 12.7. The smallest absolute Gasteiger partial charge is 0.101 e. The zero-order valence-corrected chi connectivity index (χ0v) is 6.53. The number of hydrogen-bond acceptors (Lipinski definition) is 5. The highest BCUT2D eigenvalue weighted by Crippen LogP contribution is 1.95. The van der Waals surface area contributed by atoms with Gasteiger partial charge in [-0.05, 0) is 4.99 Å². The summed E-state index contributed by atoms with van der Waals surface area (Å²) in [6, 6.07) is 0. The molecule has 0 aromatic carbocycles. The Labute approximate surface area is 59.4 Å². The monoisotopic (exact) mass is 152 g/mol. The number of hydroxylamine groups is 3. The second-order valence-electron chi connectivity index (χ2n) is 2.44. The molecule has 0 aromatic heterocycles. The van der Waals surface area contributed by atoms with Crippen molar-refractivity contribution < 1.29 is 19.5 Å². The molecule has 0 heterocycles. The summed E-state index contributed by atoms with van der Waals surface area (Å²) in [7, 11) is 6.22. The molecule has 6 nitrogen and oxygen atoms in total. The molecule has 0 bridgehead atoms. The molecule has 0 atom stereocenters. The van der Waals surface area contributed by atoms with E-state index in [1.165, 1.54) is 7.11 Å². The van der Waals surface area contributed by atoms with Crippen LogP contribution in [0.3, 0.4) is 0 Å². The first-order chi connectivity index (χ1) is 4.45. The fourth-order valence-corrected chi connectivity index (χ4v) is 0.158. The molecule has 0 aliphatic rings. The summed E-state index contributed by atoms with van der Waals surface area (Å²) in [5.74, 6) is 0. The minimum absolute atomic E-state index is 0.0576. The maximum Gasteiger partial charge on any atom is 0.101 e. The van der Waals surface area contributed by atoms with Gasteiger partial charge in [-0.25, -0.2) is 0 Å². The van der Waals surface area contributed by atoms with Gasteiger partial charge in [-0.1, -0.05) is 10.4 Å². The Morgan fingerprint density at radius 3 is 2.10 bits per heavy atom. The van der Waals surface area contributed by atoms with Gasteiger partial charge in [0.1, 0.15) is 21.1 Å². The predicted octanol–water partition coefficient (Wildman–Crippen LogP) is -0.168. The Balaban J connectivity index is 3.36. The minimum atomic E-state index is -0.135. The zero-order chi connectivity index (χ0) is 8.20. The Bertz CT molecular complexity index is 91.7. The van der Waals surface area contributed by atoms with Crippen LogP contribution < -0.4 is 0 Å². The second kappa shape index (κ2) is 3.81. The summed E-state index contributed by atoms with van der Waals surface area (Å²) < 4.78 is 0.0576. The number of rotatable bonds is 4. The maximum atomic E-state index is 10.2. The number of nitrogens with zero attached hydrogens (tertiary/aromatic N) is 2.